The summed E-state index contributed by atoms with van der Waals surface area (Å²) in [6.07, 6.45) is 0.815. The van der Waals surface area contributed by atoms with E-state index in [0.717, 1.165) is 32.6 Å². The molecule has 0 aliphatic carbocycles. The lowest BCUT2D eigenvalue weighted by Gasteiger charge is -2.28. The number of carbonyl (C=O) groups excluding carboxylic acids is 1. The topological polar surface area (TPSA) is 35.6 Å². The Morgan fingerprint density at radius 1 is 1.00 bits per heavy atom. The zero-order valence-corrected chi connectivity index (χ0v) is 17.0. The zero-order chi connectivity index (χ0) is 18.8. The first-order chi connectivity index (χ1) is 11.8. The molecule has 0 radical (unpaired) electrons. The van der Waals surface area contributed by atoms with Gasteiger partial charge in [-0.3, -0.25) is 4.79 Å². The molecule has 0 unspecified atom stereocenters. The molecule has 4 nitrogen and oxygen atoms in total. The average Bonchev–Trinajstić information content (AvgIpc) is 2.57. The third kappa shape index (κ3) is 8.50. The van der Waals surface area contributed by atoms with Crippen molar-refractivity contribution in [3.8, 4) is 0 Å². The van der Waals surface area contributed by atoms with E-state index in [1.165, 1.54) is 5.56 Å². The summed E-state index contributed by atoms with van der Waals surface area (Å²) >= 11 is 0. The van der Waals surface area contributed by atoms with Crippen LogP contribution < -0.4 is 5.32 Å². The van der Waals surface area contributed by atoms with Crippen LogP contribution in [0.2, 0.25) is 0 Å². The minimum atomic E-state index is 0.0420. The van der Waals surface area contributed by atoms with Gasteiger partial charge in [-0.1, -0.05) is 58.0 Å². The molecular weight excluding hydrogens is 310 g/mol. The van der Waals surface area contributed by atoms with E-state index in [9.17, 15) is 4.79 Å². The van der Waals surface area contributed by atoms with Crippen molar-refractivity contribution < 1.29 is 4.79 Å². The van der Waals surface area contributed by atoms with Gasteiger partial charge in [0.2, 0.25) is 5.91 Å². The van der Waals surface area contributed by atoms with Crippen LogP contribution >= 0.6 is 0 Å². The number of carbonyl (C=O) groups is 1. The van der Waals surface area contributed by atoms with Gasteiger partial charge < -0.3 is 15.1 Å². The highest BCUT2D eigenvalue weighted by atomic mass is 16.2. The van der Waals surface area contributed by atoms with E-state index in [1.54, 1.807) is 0 Å². The Morgan fingerprint density at radius 3 is 2.20 bits per heavy atom. The molecule has 0 fully saturated rings. The van der Waals surface area contributed by atoms with Gasteiger partial charge >= 0.3 is 0 Å². The lowest BCUT2D eigenvalue weighted by atomic mass is 9.88. The normalized spacial score (nSPS) is 12.8. The van der Waals surface area contributed by atoms with Gasteiger partial charge in [-0.15, -0.1) is 0 Å². The molecule has 1 aromatic carbocycles. The summed E-state index contributed by atoms with van der Waals surface area (Å²) in [6.45, 7) is 12.3. The molecule has 0 aromatic heterocycles. The molecule has 0 aliphatic rings. The highest BCUT2D eigenvalue weighted by molar-refractivity contribution is 5.79. The van der Waals surface area contributed by atoms with Crippen molar-refractivity contribution in [2.45, 2.75) is 40.2 Å². The van der Waals surface area contributed by atoms with Gasteiger partial charge in [-0.25, -0.2) is 0 Å². The fraction of sp³-hybridized carbons (Fsp3) is 0.667. The van der Waals surface area contributed by atoms with Crippen LogP contribution in [0.25, 0.3) is 0 Å². The predicted octanol–water partition coefficient (Wildman–Crippen LogP) is 2.89. The van der Waals surface area contributed by atoms with E-state index < -0.39 is 0 Å². The second-order valence-electron chi connectivity index (χ2n) is 7.71. The fourth-order valence-electron chi connectivity index (χ4n) is 2.85. The number of nitrogens with one attached hydrogen (secondary N) is 1. The van der Waals surface area contributed by atoms with E-state index in [0.29, 0.717) is 12.0 Å². The molecule has 142 valence electrons. The number of benzene rings is 1. The Labute approximate surface area is 154 Å². The Balaban J connectivity index is 2.48. The SMILES string of the molecule is CC(C)NCCN(C)CCN(C)C(=O)[C@@H](Cc1ccccc1)C(C)C. The van der Waals surface area contributed by atoms with Crippen molar-refractivity contribution >= 4 is 5.91 Å². The van der Waals surface area contributed by atoms with Gasteiger partial charge in [0.25, 0.3) is 0 Å². The summed E-state index contributed by atoms with van der Waals surface area (Å²) in [5.74, 6) is 0.635. The van der Waals surface area contributed by atoms with E-state index in [2.05, 4.69) is 57.1 Å². The molecule has 0 saturated heterocycles. The molecule has 1 N–H and O–H groups in total. The minimum absolute atomic E-state index is 0.0420. The third-order valence-electron chi connectivity index (χ3n) is 4.66. The van der Waals surface area contributed by atoms with Crippen LogP contribution in [0.3, 0.4) is 0 Å². The van der Waals surface area contributed by atoms with E-state index in [4.69, 9.17) is 0 Å². The fourth-order valence-corrected chi connectivity index (χ4v) is 2.85. The molecule has 0 spiro atoms. The molecule has 1 atom stereocenters. The number of rotatable bonds is 11. The van der Waals surface area contributed by atoms with Crippen LogP contribution in [0.5, 0.6) is 0 Å². The van der Waals surface area contributed by atoms with Crippen LogP contribution in [0, 0.1) is 11.8 Å². The van der Waals surface area contributed by atoms with Crippen molar-refractivity contribution in [3.63, 3.8) is 0 Å². The predicted molar refractivity (Wildman–Crippen MR) is 107 cm³/mol. The molecule has 0 saturated carbocycles. The van der Waals surface area contributed by atoms with Crippen molar-refractivity contribution in [1.82, 2.24) is 15.1 Å². The lowest BCUT2D eigenvalue weighted by Crippen LogP contribution is -2.41. The van der Waals surface area contributed by atoms with Gasteiger partial charge in [0.15, 0.2) is 0 Å². The van der Waals surface area contributed by atoms with Crippen LogP contribution in [0.1, 0.15) is 33.3 Å². The number of hydrogen-bond donors (Lipinski definition) is 1. The molecule has 1 amide bonds. The highest BCUT2D eigenvalue weighted by Gasteiger charge is 2.25. The largest absolute Gasteiger partial charge is 0.344 e. The van der Waals surface area contributed by atoms with Crippen molar-refractivity contribution in [1.29, 1.82) is 0 Å². The molecule has 0 bridgehead atoms. The third-order valence-corrected chi connectivity index (χ3v) is 4.66. The van der Waals surface area contributed by atoms with Gasteiger partial charge in [-0.2, -0.15) is 0 Å². The second-order valence-corrected chi connectivity index (χ2v) is 7.71. The highest BCUT2D eigenvalue weighted by Crippen LogP contribution is 2.19. The van der Waals surface area contributed by atoms with Crippen LogP contribution in [0.15, 0.2) is 30.3 Å². The first-order valence-corrected chi connectivity index (χ1v) is 9.52. The van der Waals surface area contributed by atoms with Gasteiger partial charge in [0.05, 0.1) is 0 Å². The monoisotopic (exact) mass is 347 g/mol. The van der Waals surface area contributed by atoms with Crippen molar-refractivity contribution in [3.05, 3.63) is 35.9 Å². The average molecular weight is 348 g/mol. The summed E-state index contributed by atoms with van der Waals surface area (Å²) in [5.41, 5.74) is 1.24. The molecule has 1 rings (SSSR count). The Bertz CT molecular complexity index is 487. The van der Waals surface area contributed by atoms with Gasteiger partial charge in [0.1, 0.15) is 0 Å². The van der Waals surface area contributed by atoms with Crippen molar-refractivity contribution in [2.75, 3.05) is 40.3 Å². The summed E-state index contributed by atoms with van der Waals surface area (Å²) < 4.78 is 0. The first kappa shape index (κ1) is 21.7. The second kappa shape index (κ2) is 11.3. The van der Waals surface area contributed by atoms with Crippen LogP contribution in [-0.4, -0.2) is 62.0 Å². The van der Waals surface area contributed by atoms with Crippen LogP contribution in [-0.2, 0) is 11.2 Å². The lowest BCUT2D eigenvalue weighted by molar-refractivity contribution is -0.135. The standard InChI is InChI=1S/C21H37N3O/c1-17(2)20(16-19-10-8-7-9-11-19)21(25)24(6)15-14-23(5)13-12-22-18(3)4/h7-11,17-18,20,22H,12-16H2,1-6H3/t20-/m0/s1. The number of hydrogen-bond acceptors (Lipinski definition) is 3. The molecule has 1 aromatic rings. The van der Waals surface area contributed by atoms with Crippen molar-refractivity contribution in [2.24, 2.45) is 11.8 Å². The Kier molecular flexibility index (Phi) is 9.76. The minimum Gasteiger partial charge on any atom is -0.344 e. The van der Waals surface area contributed by atoms with E-state index in [1.807, 2.05) is 30.1 Å². The zero-order valence-electron chi connectivity index (χ0n) is 17.0. The summed E-state index contributed by atoms with van der Waals surface area (Å²) in [6, 6.07) is 10.8. The number of likely N-dealkylation sites (N-methyl/N-ethyl adjacent to an activating group) is 2. The first-order valence-electron chi connectivity index (χ1n) is 9.52. The number of amides is 1. The Morgan fingerprint density at radius 2 is 1.64 bits per heavy atom. The molecule has 25 heavy (non-hydrogen) atoms. The smallest absolute Gasteiger partial charge is 0.226 e. The number of nitrogens with zero attached hydrogens (tertiary/aromatic N) is 2. The van der Waals surface area contributed by atoms with Gasteiger partial charge in [-0.05, 0) is 24.9 Å². The van der Waals surface area contributed by atoms with Gasteiger partial charge in [0, 0.05) is 45.2 Å². The Hall–Kier alpha value is -1.39. The molecule has 4 heteroatoms. The molecule has 0 heterocycles. The molecule has 0 aliphatic heterocycles. The molecular formula is C21H37N3O. The summed E-state index contributed by atoms with van der Waals surface area (Å²) in [5, 5.41) is 3.43. The summed E-state index contributed by atoms with van der Waals surface area (Å²) in [4.78, 5) is 17.1. The quantitative estimate of drug-likeness (QED) is 0.668. The maximum atomic E-state index is 12.9. The van der Waals surface area contributed by atoms with E-state index in [-0.39, 0.29) is 11.8 Å². The summed E-state index contributed by atoms with van der Waals surface area (Å²) in [7, 11) is 4.05. The van der Waals surface area contributed by atoms with Crippen LogP contribution in [0.4, 0.5) is 0 Å². The van der Waals surface area contributed by atoms with E-state index >= 15 is 0 Å². The maximum Gasteiger partial charge on any atom is 0.226 e. The maximum absolute atomic E-state index is 12.9.